The molecule has 0 rings (SSSR count). The molecule has 1 N–H and O–H groups in total. The number of hydrogen-bond acceptors (Lipinski definition) is 2. The fourth-order valence-electron chi connectivity index (χ4n) is 0.298. The van der Waals surface area contributed by atoms with Crippen LogP contribution in [0.4, 0.5) is 0 Å². The summed E-state index contributed by atoms with van der Waals surface area (Å²) in [6, 6.07) is 0. The second kappa shape index (κ2) is 5.73. The Balaban J connectivity index is 2.86. The van der Waals surface area contributed by atoms with Gasteiger partial charge in [-0.05, 0) is 5.75 Å². The molecule has 50 valence electrons. The Labute approximate surface area is 59.4 Å². The minimum Gasteiger partial charge on any atom is -0.391 e. The normalized spacial score (nSPS) is 13.9. The van der Waals surface area contributed by atoms with Crippen molar-refractivity contribution in [3.63, 3.8) is 0 Å². The lowest BCUT2D eigenvalue weighted by Gasteiger charge is -2.02. The van der Waals surface area contributed by atoms with E-state index in [1.807, 2.05) is 0 Å². The monoisotopic (exact) mass is 154 g/mol. The van der Waals surface area contributed by atoms with Gasteiger partial charge in [-0.3, -0.25) is 0 Å². The minimum atomic E-state index is -0.318. The summed E-state index contributed by atoms with van der Waals surface area (Å²) in [7, 11) is 0. The molecule has 0 spiro atoms. The predicted molar refractivity (Wildman–Crippen MR) is 39.7 cm³/mol. The molecule has 3 heteroatoms. The highest BCUT2D eigenvalue weighted by molar-refractivity contribution is 7.99. The van der Waals surface area contributed by atoms with Gasteiger partial charge in [0.25, 0.3) is 0 Å². The molecule has 1 atom stereocenters. The van der Waals surface area contributed by atoms with Gasteiger partial charge in [-0.25, -0.2) is 0 Å². The van der Waals surface area contributed by atoms with E-state index < -0.39 is 0 Å². The number of aliphatic hydroxyl groups is 1. The zero-order valence-corrected chi connectivity index (χ0v) is 6.50. The zero-order valence-electron chi connectivity index (χ0n) is 4.93. The molecule has 0 aromatic heterocycles. The van der Waals surface area contributed by atoms with Crippen molar-refractivity contribution in [1.82, 2.24) is 0 Å². The molecule has 0 amide bonds. The van der Waals surface area contributed by atoms with Gasteiger partial charge < -0.3 is 5.11 Å². The van der Waals surface area contributed by atoms with Crippen LogP contribution < -0.4 is 0 Å². The first-order valence-corrected chi connectivity index (χ1v) is 4.32. The fourth-order valence-corrected chi connectivity index (χ4v) is 1.16. The van der Waals surface area contributed by atoms with Gasteiger partial charge in [-0.1, -0.05) is 6.92 Å². The van der Waals surface area contributed by atoms with Crippen LogP contribution in [0.3, 0.4) is 0 Å². The third-order valence-corrected chi connectivity index (χ3v) is 2.08. The minimum absolute atomic E-state index is 0.318. The largest absolute Gasteiger partial charge is 0.391 e. The van der Waals surface area contributed by atoms with Crippen LogP contribution in [0.5, 0.6) is 0 Å². The van der Waals surface area contributed by atoms with Gasteiger partial charge in [0.15, 0.2) is 0 Å². The van der Waals surface area contributed by atoms with Crippen LogP contribution in [0.2, 0.25) is 0 Å². The molecule has 8 heavy (non-hydrogen) atoms. The first kappa shape index (κ1) is 8.60. The summed E-state index contributed by atoms with van der Waals surface area (Å²) in [6.07, 6.45) is -0.318. The summed E-state index contributed by atoms with van der Waals surface area (Å²) in [5, 5.41) is 8.84. The van der Waals surface area contributed by atoms with E-state index in [0.717, 1.165) is 11.5 Å². The third-order valence-electron chi connectivity index (χ3n) is 0.692. The number of halogens is 1. The topological polar surface area (TPSA) is 20.2 Å². The van der Waals surface area contributed by atoms with E-state index in [4.69, 9.17) is 16.7 Å². The van der Waals surface area contributed by atoms with E-state index in [-0.39, 0.29) is 6.10 Å². The van der Waals surface area contributed by atoms with Crippen molar-refractivity contribution >= 4 is 23.4 Å². The Bertz CT molecular complexity index is 51.7. The number of alkyl halides is 1. The van der Waals surface area contributed by atoms with Gasteiger partial charge in [0.05, 0.1) is 6.10 Å². The third kappa shape index (κ3) is 4.75. The molecule has 0 radical (unpaired) electrons. The van der Waals surface area contributed by atoms with Crippen molar-refractivity contribution in [2.24, 2.45) is 0 Å². The summed E-state index contributed by atoms with van der Waals surface area (Å²) < 4.78 is 0. The average Bonchev–Trinajstić information content (AvgIpc) is 1.83. The highest BCUT2D eigenvalue weighted by Crippen LogP contribution is 2.02. The summed E-state index contributed by atoms with van der Waals surface area (Å²) in [5.41, 5.74) is 0. The maximum absolute atomic E-state index is 8.84. The molecule has 0 aliphatic heterocycles. The van der Waals surface area contributed by atoms with Gasteiger partial charge in [0, 0.05) is 11.6 Å². The van der Waals surface area contributed by atoms with Gasteiger partial charge in [0.1, 0.15) is 0 Å². The second-order valence-electron chi connectivity index (χ2n) is 1.47. The van der Waals surface area contributed by atoms with Crippen molar-refractivity contribution in [3.05, 3.63) is 0 Å². The molecule has 0 aromatic rings. The van der Waals surface area contributed by atoms with E-state index in [1.165, 1.54) is 0 Å². The Morgan fingerprint density at radius 1 is 1.75 bits per heavy atom. The van der Waals surface area contributed by atoms with E-state index in [0.29, 0.717) is 5.88 Å². The van der Waals surface area contributed by atoms with Crippen LogP contribution in [-0.2, 0) is 0 Å². The Hall–Kier alpha value is 0.600. The Morgan fingerprint density at radius 3 is 2.75 bits per heavy atom. The van der Waals surface area contributed by atoms with E-state index in [2.05, 4.69) is 6.92 Å². The number of hydrogen-bond donors (Lipinski definition) is 1. The summed E-state index contributed by atoms with van der Waals surface area (Å²) in [4.78, 5) is 0. The highest BCUT2D eigenvalue weighted by Gasteiger charge is 1.98. The van der Waals surface area contributed by atoms with Crippen LogP contribution in [0.1, 0.15) is 6.92 Å². The number of thioether (sulfide) groups is 1. The summed E-state index contributed by atoms with van der Waals surface area (Å²) >= 11 is 7.03. The molecular formula is C5H11ClOS. The van der Waals surface area contributed by atoms with E-state index in [9.17, 15) is 0 Å². The molecular weight excluding hydrogens is 144 g/mol. The fraction of sp³-hybridized carbons (Fsp3) is 1.00. The predicted octanol–water partition coefficient (Wildman–Crippen LogP) is 1.34. The Morgan fingerprint density at radius 2 is 2.38 bits per heavy atom. The molecule has 1 nitrogen and oxygen atoms in total. The Kier molecular flexibility index (Phi) is 6.16. The quantitative estimate of drug-likeness (QED) is 0.617. The molecule has 0 heterocycles. The van der Waals surface area contributed by atoms with E-state index in [1.54, 1.807) is 11.8 Å². The van der Waals surface area contributed by atoms with Crippen LogP contribution >= 0.6 is 23.4 Å². The number of rotatable bonds is 4. The summed E-state index contributed by atoms with van der Waals surface area (Å²) in [6.45, 7) is 2.06. The van der Waals surface area contributed by atoms with Gasteiger partial charge in [0.2, 0.25) is 0 Å². The lowest BCUT2D eigenvalue weighted by Crippen LogP contribution is -2.11. The molecule has 0 saturated heterocycles. The maximum atomic E-state index is 8.84. The van der Waals surface area contributed by atoms with Gasteiger partial charge >= 0.3 is 0 Å². The molecule has 0 bridgehead atoms. The van der Waals surface area contributed by atoms with Crippen molar-refractivity contribution < 1.29 is 5.11 Å². The van der Waals surface area contributed by atoms with Crippen LogP contribution in [0.25, 0.3) is 0 Å². The first-order valence-electron chi connectivity index (χ1n) is 2.63. The van der Waals surface area contributed by atoms with Crippen molar-refractivity contribution in [3.8, 4) is 0 Å². The van der Waals surface area contributed by atoms with Crippen molar-refractivity contribution in [1.29, 1.82) is 0 Å². The number of aliphatic hydroxyl groups excluding tert-OH is 1. The molecule has 0 aromatic carbocycles. The molecule has 0 fully saturated rings. The van der Waals surface area contributed by atoms with Crippen LogP contribution in [0, 0.1) is 0 Å². The maximum Gasteiger partial charge on any atom is 0.0765 e. The highest BCUT2D eigenvalue weighted by atomic mass is 35.5. The lowest BCUT2D eigenvalue weighted by molar-refractivity contribution is 0.223. The molecule has 0 saturated carbocycles. The smallest absolute Gasteiger partial charge is 0.0765 e. The zero-order chi connectivity index (χ0) is 6.41. The second-order valence-corrected chi connectivity index (χ2v) is 3.10. The molecule has 0 aliphatic rings. The first-order chi connectivity index (χ1) is 3.81. The lowest BCUT2D eigenvalue weighted by atomic mass is 10.5. The standard InChI is InChI=1S/C5H11ClOS/c1-2-8-4-5(7)3-6/h5,7H,2-4H2,1H3/t5-/m0/s1. The van der Waals surface area contributed by atoms with Crippen LogP contribution in [-0.4, -0.2) is 28.6 Å². The SMILES string of the molecule is CCSC[C@@H](O)CCl. The van der Waals surface area contributed by atoms with Gasteiger partial charge in [-0.15, -0.1) is 11.6 Å². The average molecular weight is 155 g/mol. The van der Waals surface area contributed by atoms with Crippen molar-refractivity contribution in [2.45, 2.75) is 13.0 Å². The molecule has 0 unspecified atom stereocenters. The van der Waals surface area contributed by atoms with Crippen LogP contribution in [0.15, 0.2) is 0 Å². The summed E-state index contributed by atoms with van der Waals surface area (Å²) in [5.74, 6) is 2.17. The van der Waals surface area contributed by atoms with Crippen molar-refractivity contribution in [2.75, 3.05) is 17.4 Å². The van der Waals surface area contributed by atoms with Gasteiger partial charge in [-0.2, -0.15) is 11.8 Å². The van der Waals surface area contributed by atoms with E-state index >= 15 is 0 Å². The molecule has 0 aliphatic carbocycles.